The third kappa shape index (κ3) is 3.15. The molecule has 0 saturated carbocycles. The molecule has 0 N–H and O–H groups in total. The zero-order chi connectivity index (χ0) is 17.3. The molecule has 1 aliphatic heterocycles. The van der Waals surface area contributed by atoms with Crippen LogP contribution in [0.2, 0.25) is 0 Å². The summed E-state index contributed by atoms with van der Waals surface area (Å²) in [6.07, 6.45) is 1.01. The number of aryl methyl sites for hydroxylation is 1. The molecule has 0 spiro atoms. The summed E-state index contributed by atoms with van der Waals surface area (Å²) in [7, 11) is 0. The maximum Gasteiger partial charge on any atom is 0.259 e. The van der Waals surface area contributed by atoms with Crippen molar-refractivity contribution in [3.63, 3.8) is 0 Å². The first-order valence-electron chi connectivity index (χ1n) is 8.65. The van der Waals surface area contributed by atoms with Crippen LogP contribution >= 0.6 is 0 Å². The Labute approximate surface area is 142 Å². The number of carbonyl (C=O) groups is 1. The van der Waals surface area contributed by atoms with Crippen LogP contribution in [0, 0.1) is 12.8 Å². The summed E-state index contributed by atoms with van der Waals surface area (Å²) < 4.78 is 10.8. The van der Waals surface area contributed by atoms with Gasteiger partial charge in [0.2, 0.25) is 0 Å². The van der Waals surface area contributed by atoms with Gasteiger partial charge in [0.25, 0.3) is 11.6 Å². The quantitative estimate of drug-likeness (QED) is 0.842. The molecule has 1 saturated heterocycles. The molecule has 1 unspecified atom stereocenters. The molecule has 6 heteroatoms. The Bertz CT molecular complexity index is 732. The number of hydrogen-bond donors (Lipinski definition) is 0. The van der Waals surface area contributed by atoms with E-state index in [1.165, 1.54) is 0 Å². The summed E-state index contributed by atoms with van der Waals surface area (Å²) in [5, 5.41) is 4.73. The number of rotatable bonds is 5. The molecule has 1 aliphatic rings. The second-order valence-corrected chi connectivity index (χ2v) is 6.77. The summed E-state index contributed by atoms with van der Waals surface area (Å²) in [5.41, 5.74) is 2.64. The first-order valence-corrected chi connectivity index (χ1v) is 8.65. The minimum atomic E-state index is 0.0185. The number of pyridine rings is 1. The van der Waals surface area contributed by atoms with Gasteiger partial charge in [-0.3, -0.25) is 4.79 Å². The van der Waals surface area contributed by atoms with Gasteiger partial charge >= 0.3 is 0 Å². The van der Waals surface area contributed by atoms with Gasteiger partial charge in [0, 0.05) is 31.3 Å². The fraction of sp³-hybridized carbons (Fsp3) is 0.611. The molecule has 3 rings (SSSR count). The molecular formula is C18H25N3O3. The van der Waals surface area contributed by atoms with Gasteiger partial charge in [-0.1, -0.05) is 19.0 Å². The molecule has 0 aliphatic carbocycles. The van der Waals surface area contributed by atoms with Gasteiger partial charge in [-0.15, -0.1) is 0 Å². The van der Waals surface area contributed by atoms with Crippen molar-refractivity contribution in [2.75, 3.05) is 26.3 Å². The monoisotopic (exact) mass is 331 g/mol. The number of aromatic nitrogens is 2. The van der Waals surface area contributed by atoms with Crippen LogP contribution in [0.1, 0.15) is 54.9 Å². The number of amides is 1. The number of carbonyl (C=O) groups excluding carboxylic acids is 1. The largest absolute Gasteiger partial charge is 0.381 e. The molecule has 130 valence electrons. The van der Waals surface area contributed by atoms with Gasteiger partial charge in [-0.05, 0) is 32.3 Å². The summed E-state index contributed by atoms with van der Waals surface area (Å²) >= 11 is 0. The van der Waals surface area contributed by atoms with Crippen molar-refractivity contribution in [1.29, 1.82) is 0 Å². The van der Waals surface area contributed by atoms with Gasteiger partial charge in [0.1, 0.15) is 0 Å². The number of hydrogen-bond acceptors (Lipinski definition) is 5. The lowest BCUT2D eigenvalue weighted by molar-refractivity contribution is 0.0732. The van der Waals surface area contributed by atoms with Crippen LogP contribution in [0.3, 0.4) is 0 Å². The fourth-order valence-corrected chi connectivity index (χ4v) is 3.14. The van der Waals surface area contributed by atoms with Crippen molar-refractivity contribution in [2.45, 2.75) is 40.0 Å². The first-order chi connectivity index (χ1) is 11.5. The van der Waals surface area contributed by atoms with Crippen LogP contribution in [-0.2, 0) is 4.74 Å². The van der Waals surface area contributed by atoms with Crippen molar-refractivity contribution in [2.24, 2.45) is 5.92 Å². The van der Waals surface area contributed by atoms with Gasteiger partial charge in [-0.25, -0.2) is 4.98 Å². The van der Waals surface area contributed by atoms with E-state index in [4.69, 9.17) is 9.26 Å². The van der Waals surface area contributed by atoms with E-state index in [9.17, 15) is 4.79 Å². The van der Waals surface area contributed by atoms with Gasteiger partial charge < -0.3 is 14.2 Å². The minimum Gasteiger partial charge on any atom is -0.381 e. The Morgan fingerprint density at radius 3 is 2.88 bits per heavy atom. The van der Waals surface area contributed by atoms with E-state index >= 15 is 0 Å². The maximum atomic E-state index is 13.2. The highest BCUT2D eigenvalue weighted by molar-refractivity contribution is 6.06. The van der Waals surface area contributed by atoms with Crippen LogP contribution in [0.4, 0.5) is 0 Å². The highest BCUT2D eigenvalue weighted by Crippen LogP contribution is 2.26. The van der Waals surface area contributed by atoms with Crippen molar-refractivity contribution in [3.8, 4) is 0 Å². The van der Waals surface area contributed by atoms with Crippen LogP contribution in [0.25, 0.3) is 11.1 Å². The van der Waals surface area contributed by atoms with E-state index in [2.05, 4.69) is 24.0 Å². The fourth-order valence-electron chi connectivity index (χ4n) is 3.14. The number of fused-ring (bicyclic) bond motifs is 1. The molecule has 3 heterocycles. The normalized spacial score (nSPS) is 17.8. The van der Waals surface area contributed by atoms with E-state index in [0.717, 1.165) is 37.3 Å². The van der Waals surface area contributed by atoms with Crippen LogP contribution in [0.15, 0.2) is 10.6 Å². The third-order valence-corrected chi connectivity index (χ3v) is 4.63. The molecule has 24 heavy (non-hydrogen) atoms. The van der Waals surface area contributed by atoms with Crippen molar-refractivity contribution < 1.29 is 14.1 Å². The molecule has 0 aromatic carbocycles. The molecular weight excluding hydrogens is 306 g/mol. The average molecular weight is 331 g/mol. The van der Waals surface area contributed by atoms with Crippen molar-refractivity contribution in [3.05, 3.63) is 23.0 Å². The molecule has 6 nitrogen and oxygen atoms in total. The zero-order valence-electron chi connectivity index (χ0n) is 14.8. The minimum absolute atomic E-state index is 0.0185. The predicted octanol–water partition coefficient (Wildman–Crippen LogP) is 3.15. The van der Waals surface area contributed by atoms with Crippen molar-refractivity contribution >= 4 is 17.0 Å². The van der Waals surface area contributed by atoms with E-state index in [-0.39, 0.29) is 11.8 Å². The smallest absolute Gasteiger partial charge is 0.259 e. The Morgan fingerprint density at radius 1 is 1.46 bits per heavy atom. The van der Waals surface area contributed by atoms with Crippen LogP contribution in [-0.4, -0.2) is 47.3 Å². The van der Waals surface area contributed by atoms with Gasteiger partial charge in [-0.2, -0.15) is 0 Å². The molecule has 0 radical (unpaired) electrons. The first kappa shape index (κ1) is 16.9. The van der Waals surface area contributed by atoms with E-state index in [1.807, 2.05) is 24.8 Å². The highest BCUT2D eigenvalue weighted by atomic mass is 16.5. The summed E-state index contributed by atoms with van der Waals surface area (Å²) in [6.45, 7) is 10.9. The van der Waals surface area contributed by atoms with E-state index < -0.39 is 0 Å². The molecule has 0 bridgehead atoms. The molecule has 1 fully saturated rings. The molecule has 2 aromatic rings. The lowest BCUT2D eigenvalue weighted by Crippen LogP contribution is -2.35. The number of ether oxygens (including phenoxy) is 1. The van der Waals surface area contributed by atoms with Gasteiger partial charge in [0.05, 0.1) is 23.3 Å². The second kappa shape index (κ2) is 6.89. The summed E-state index contributed by atoms with van der Waals surface area (Å²) in [4.78, 5) is 19.6. The Morgan fingerprint density at radius 2 is 2.25 bits per heavy atom. The Hall–Kier alpha value is -1.95. The predicted molar refractivity (Wildman–Crippen MR) is 91.1 cm³/mol. The molecule has 1 amide bonds. The SMILES string of the molecule is CCN(CC1CCOC1)C(=O)c1cc(C(C)C)nc2onc(C)c12. The Kier molecular flexibility index (Phi) is 4.85. The standard InChI is InChI=1S/C18H25N3O3/c1-5-21(9-13-6-7-23-10-13)18(22)14-8-15(11(2)3)19-17-16(14)12(4)20-24-17/h8,11,13H,5-7,9-10H2,1-4H3. The summed E-state index contributed by atoms with van der Waals surface area (Å²) in [6, 6.07) is 1.90. The molecule has 2 aromatic heterocycles. The third-order valence-electron chi connectivity index (χ3n) is 4.63. The lowest BCUT2D eigenvalue weighted by Gasteiger charge is -2.24. The average Bonchev–Trinajstić information content (AvgIpc) is 3.21. The maximum absolute atomic E-state index is 13.2. The second-order valence-electron chi connectivity index (χ2n) is 6.77. The highest BCUT2D eigenvalue weighted by Gasteiger charge is 2.26. The van der Waals surface area contributed by atoms with Gasteiger partial charge in [0.15, 0.2) is 0 Å². The van der Waals surface area contributed by atoms with E-state index in [0.29, 0.717) is 29.4 Å². The number of nitrogens with zero attached hydrogens (tertiary/aromatic N) is 3. The zero-order valence-corrected chi connectivity index (χ0v) is 14.8. The molecule has 1 atom stereocenters. The topological polar surface area (TPSA) is 68.5 Å². The van der Waals surface area contributed by atoms with E-state index in [1.54, 1.807) is 0 Å². The Balaban J connectivity index is 1.98. The van der Waals surface area contributed by atoms with Crippen LogP contribution < -0.4 is 0 Å². The van der Waals surface area contributed by atoms with Crippen molar-refractivity contribution in [1.82, 2.24) is 15.0 Å². The lowest BCUT2D eigenvalue weighted by atomic mass is 10.0. The summed E-state index contributed by atoms with van der Waals surface area (Å²) in [5.74, 6) is 0.647. The van der Waals surface area contributed by atoms with Crippen LogP contribution in [0.5, 0.6) is 0 Å².